The minimum absolute atomic E-state index is 0.108. The first-order chi connectivity index (χ1) is 15.9. The summed E-state index contributed by atoms with van der Waals surface area (Å²) in [5, 5.41) is 13.3. The number of pyridine rings is 1. The lowest BCUT2D eigenvalue weighted by Gasteiger charge is -2.21. The summed E-state index contributed by atoms with van der Waals surface area (Å²) in [6, 6.07) is 13.8. The van der Waals surface area contributed by atoms with E-state index in [0.29, 0.717) is 35.6 Å². The van der Waals surface area contributed by atoms with Gasteiger partial charge in [-0.1, -0.05) is 18.2 Å². The molecule has 2 aromatic carbocycles. The van der Waals surface area contributed by atoms with E-state index in [-0.39, 0.29) is 17.0 Å². The number of para-hydroxylation sites is 1. The summed E-state index contributed by atoms with van der Waals surface area (Å²) >= 11 is 0. The molecule has 2 aromatic heterocycles. The minimum atomic E-state index is -1.00. The van der Waals surface area contributed by atoms with Crippen LogP contribution in [0.15, 0.2) is 70.1 Å². The molecule has 5 rings (SSSR count). The number of benzene rings is 2. The van der Waals surface area contributed by atoms with Crippen LogP contribution in [-0.2, 0) is 13.1 Å². The smallest absolute Gasteiger partial charge is 0.337 e. The zero-order valence-corrected chi connectivity index (χ0v) is 18.3. The number of hydrogen-bond acceptors (Lipinski definition) is 6. The Morgan fingerprint density at radius 2 is 1.94 bits per heavy atom. The van der Waals surface area contributed by atoms with E-state index < -0.39 is 5.97 Å². The van der Waals surface area contributed by atoms with Crippen molar-refractivity contribution >= 4 is 28.5 Å². The zero-order chi connectivity index (χ0) is 23.1. The largest absolute Gasteiger partial charge is 0.478 e. The van der Waals surface area contributed by atoms with E-state index in [1.165, 1.54) is 0 Å². The number of aromatic carboxylic acids is 1. The van der Waals surface area contributed by atoms with E-state index >= 15 is 0 Å². The van der Waals surface area contributed by atoms with Gasteiger partial charge in [-0.3, -0.25) is 9.78 Å². The number of carboxylic acids is 1. The summed E-state index contributed by atoms with van der Waals surface area (Å²) in [7, 11) is 0. The molecule has 0 radical (unpaired) electrons. The molecule has 0 aliphatic carbocycles. The standard InChI is InChI=1S/C26H23N3O4/c1-15-9-20(16(2)28-22-6-4-3-5-19(22)26(31)32)25-21(10-15)23(30)11-24(33-25)29-13-17-7-8-27-12-18(17)14-29/h3-12,16,28H,13-14H2,1-2H3,(H,31,32). The van der Waals surface area contributed by atoms with Crippen molar-refractivity contribution in [3.05, 3.63) is 99.0 Å². The molecule has 2 N–H and O–H groups in total. The van der Waals surface area contributed by atoms with Crippen LogP contribution in [0.1, 0.15) is 45.6 Å². The molecule has 1 unspecified atom stereocenters. The second-order valence-electron chi connectivity index (χ2n) is 8.40. The molecule has 33 heavy (non-hydrogen) atoms. The Morgan fingerprint density at radius 1 is 1.15 bits per heavy atom. The first kappa shape index (κ1) is 20.8. The topological polar surface area (TPSA) is 95.7 Å². The van der Waals surface area contributed by atoms with Crippen molar-refractivity contribution in [2.24, 2.45) is 0 Å². The summed E-state index contributed by atoms with van der Waals surface area (Å²) in [5.41, 5.74) is 5.09. The second kappa shape index (κ2) is 8.09. The van der Waals surface area contributed by atoms with Crippen molar-refractivity contribution in [3.8, 4) is 0 Å². The van der Waals surface area contributed by atoms with E-state index in [2.05, 4.69) is 10.3 Å². The van der Waals surface area contributed by atoms with Crippen LogP contribution in [0.25, 0.3) is 11.0 Å². The van der Waals surface area contributed by atoms with E-state index in [9.17, 15) is 14.7 Å². The molecule has 1 aliphatic rings. The van der Waals surface area contributed by atoms with Gasteiger partial charge in [0, 0.05) is 42.8 Å². The third-order valence-corrected chi connectivity index (χ3v) is 6.02. The van der Waals surface area contributed by atoms with Crippen LogP contribution in [0.2, 0.25) is 0 Å². The van der Waals surface area contributed by atoms with E-state index in [1.807, 2.05) is 43.1 Å². The van der Waals surface area contributed by atoms with Crippen LogP contribution < -0.4 is 15.6 Å². The number of fused-ring (bicyclic) bond motifs is 2. The summed E-state index contributed by atoms with van der Waals surface area (Å²) in [6.07, 6.45) is 3.61. The monoisotopic (exact) mass is 441 g/mol. The van der Waals surface area contributed by atoms with Gasteiger partial charge in [-0.05, 0) is 54.8 Å². The summed E-state index contributed by atoms with van der Waals surface area (Å²) in [4.78, 5) is 30.9. The Labute approximate surface area is 190 Å². The van der Waals surface area contributed by atoms with Gasteiger partial charge >= 0.3 is 5.97 Å². The average molecular weight is 441 g/mol. The number of hydrogen-bond donors (Lipinski definition) is 2. The van der Waals surface area contributed by atoms with Crippen molar-refractivity contribution in [2.45, 2.75) is 33.0 Å². The van der Waals surface area contributed by atoms with Gasteiger partial charge in [0.2, 0.25) is 5.88 Å². The molecular weight excluding hydrogens is 418 g/mol. The maximum atomic E-state index is 13.1. The highest BCUT2D eigenvalue weighted by atomic mass is 16.4. The Balaban J connectivity index is 1.57. The van der Waals surface area contributed by atoms with Gasteiger partial charge in [0.25, 0.3) is 0 Å². The average Bonchev–Trinajstić information content (AvgIpc) is 3.23. The lowest BCUT2D eigenvalue weighted by Crippen LogP contribution is -2.17. The Morgan fingerprint density at radius 3 is 2.73 bits per heavy atom. The van der Waals surface area contributed by atoms with Gasteiger partial charge < -0.3 is 19.7 Å². The molecule has 0 amide bonds. The minimum Gasteiger partial charge on any atom is -0.478 e. The predicted octanol–water partition coefficient (Wildman–Crippen LogP) is 4.89. The summed E-state index contributed by atoms with van der Waals surface area (Å²) < 4.78 is 6.33. The molecule has 7 nitrogen and oxygen atoms in total. The first-order valence-electron chi connectivity index (χ1n) is 10.7. The third-order valence-electron chi connectivity index (χ3n) is 6.02. The molecule has 0 fully saturated rings. The molecule has 1 atom stereocenters. The molecular formula is C26H23N3O4. The number of rotatable bonds is 5. The lowest BCUT2D eigenvalue weighted by atomic mass is 10.0. The third kappa shape index (κ3) is 3.82. The van der Waals surface area contributed by atoms with Gasteiger partial charge in [-0.15, -0.1) is 0 Å². The maximum absolute atomic E-state index is 13.1. The molecule has 0 saturated carbocycles. The lowest BCUT2D eigenvalue weighted by molar-refractivity contribution is 0.0698. The van der Waals surface area contributed by atoms with Gasteiger partial charge in [0.15, 0.2) is 5.43 Å². The normalized spacial score (nSPS) is 13.7. The number of carbonyl (C=O) groups is 1. The molecule has 0 spiro atoms. The fourth-order valence-corrected chi connectivity index (χ4v) is 4.38. The molecule has 0 bridgehead atoms. The first-order valence-corrected chi connectivity index (χ1v) is 10.7. The van der Waals surface area contributed by atoms with Gasteiger partial charge in [-0.25, -0.2) is 4.79 Å². The van der Waals surface area contributed by atoms with E-state index in [0.717, 1.165) is 22.3 Å². The highest BCUT2D eigenvalue weighted by Gasteiger charge is 2.23. The molecule has 0 saturated heterocycles. The molecule has 1 aliphatic heterocycles. The van der Waals surface area contributed by atoms with Crippen molar-refractivity contribution in [1.29, 1.82) is 0 Å². The van der Waals surface area contributed by atoms with Crippen LogP contribution in [0.5, 0.6) is 0 Å². The van der Waals surface area contributed by atoms with E-state index in [4.69, 9.17) is 4.42 Å². The van der Waals surface area contributed by atoms with Crippen molar-refractivity contribution in [2.75, 3.05) is 10.2 Å². The van der Waals surface area contributed by atoms with Crippen LogP contribution in [0.3, 0.4) is 0 Å². The quantitative estimate of drug-likeness (QED) is 0.455. The number of nitrogens with one attached hydrogen (secondary N) is 1. The molecule has 3 heterocycles. The van der Waals surface area contributed by atoms with Crippen molar-refractivity contribution in [1.82, 2.24) is 4.98 Å². The molecule has 4 aromatic rings. The predicted molar refractivity (Wildman–Crippen MR) is 127 cm³/mol. The molecule has 7 heteroatoms. The Kier molecular flexibility index (Phi) is 5.09. The Bertz CT molecular complexity index is 1420. The van der Waals surface area contributed by atoms with Crippen LogP contribution in [0, 0.1) is 6.92 Å². The SMILES string of the molecule is Cc1cc(C(C)Nc2ccccc2C(=O)O)c2oc(N3Cc4ccncc4C3)cc(=O)c2c1. The van der Waals surface area contributed by atoms with Crippen molar-refractivity contribution < 1.29 is 14.3 Å². The Hall–Kier alpha value is -4.13. The van der Waals surface area contributed by atoms with Gasteiger partial charge in [0.1, 0.15) is 5.58 Å². The number of anilines is 2. The number of aromatic nitrogens is 1. The van der Waals surface area contributed by atoms with Crippen LogP contribution >= 0.6 is 0 Å². The summed E-state index contributed by atoms with van der Waals surface area (Å²) in [5.74, 6) is -0.497. The van der Waals surface area contributed by atoms with Crippen molar-refractivity contribution in [3.63, 3.8) is 0 Å². The number of aryl methyl sites for hydroxylation is 1. The molecule has 166 valence electrons. The van der Waals surface area contributed by atoms with Crippen LogP contribution in [0.4, 0.5) is 11.6 Å². The van der Waals surface area contributed by atoms with E-state index in [1.54, 1.807) is 36.5 Å². The second-order valence-corrected chi connectivity index (χ2v) is 8.40. The van der Waals surface area contributed by atoms with Gasteiger partial charge in [0.05, 0.1) is 17.0 Å². The summed E-state index contributed by atoms with van der Waals surface area (Å²) in [6.45, 7) is 5.13. The van der Waals surface area contributed by atoms with Gasteiger partial charge in [-0.2, -0.15) is 0 Å². The maximum Gasteiger partial charge on any atom is 0.337 e. The number of nitrogens with zero attached hydrogens (tertiary/aromatic N) is 2. The van der Waals surface area contributed by atoms with Crippen LogP contribution in [-0.4, -0.2) is 16.1 Å². The zero-order valence-electron chi connectivity index (χ0n) is 18.3. The highest BCUT2D eigenvalue weighted by Crippen LogP contribution is 2.33. The number of carboxylic acid groups (broad SMARTS) is 1. The fourth-order valence-electron chi connectivity index (χ4n) is 4.38. The fraction of sp³-hybridized carbons (Fsp3) is 0.192. The highest BCUT2D eigenvalue weighted by molar-refractivity contribution is 5.94.